The maximum absolute atomic E-state index is 11.7. The van der Waals surface area contributed by atoms with Crippen molar-refractivity contribution in [1.29, 1.82) is 0 Å². The Morgan fingerprint density at radius 3 is 2.50 bits per heavy atom. The predicted octanol–water partition coefficient (Wildman–Crippen LogP) is 0.838. The molecule has 6 heteroatoms. The van der Waals surface area contributed by atoms with Crippen LogP contribution in [0.3, 0.4) is 0 Å². The molecule has 16 heavy (non-hydrogen) atoms. The molecule has 6 nitrogen and oxygen atoms in total. The Balaban J connectivity index is 2.66. The zero-order valence-corrected chi connectivity index (χ0v) is 9.48. The fourth-order valence-electron chi connectivity index (χ4n) is 1.09. The number of oxazole rings is 1. The van der Waals surface area contributed by atoms with Gasteiger partial charge in [-0.1, -0.05) is 0 Å². The normalized spacial score (nSPS) is 10.2. The number of hydrogen-bond donors (Lipinski definition) is 1. The summed E-state index contributed by atoms with van der Waals surface area (Å²) in [5.41, 5.74) is 0.662. The van der Waals surface area contributed by atoms with E-state index in [1.54, 1.807) is 13.8 Å². The van der Waals surface area contributed by atoms with Crippen molar-refractivity contribution < 1.29 is 19.1 Å². The van der Waals surface area contributed by atoms with Gasteiger partial charge in [0.2, 0.25) is 0 Å². The zero-order valence-electron chi connectivity index (χ0n) is 9.48. The van der Waals surface area contributed by atoms with Crippen molar-refractivity contribution in [2.24, 2.45) is 0 Å². The Labute approximate surface area is 92.9 Å². The van der Waals surface area contributed by atoms with E-state index in [1.165, 1.54) is 11.9 Å². The molecule has 0 unspecified atom stereocenters. The highest BCUT2D eigenvalue weighted by Gasteiger charge is 2.19. The lowest BCUT2D eigenvalue weighted by molar-refractivity contribution is -0.137. The van der Waals surface area contributed by atoms with Crippen LogP contribution in [0.4, 0.5) is 0 Å². The summed E-state index contributed by atoms with van der Waals surface area (Å²) in [6.07, 6.45) is -0.0963. The van der Waals surface area contributed by atoms with Crippen LogP contribution in [0.1, 0.15) is 28.6 Å². The topological polar surface area (TPSA) is 83.6 Å². The van der Waals surface area contributed by atoms with E-state index in [0.717, 1.165) is 0 Å². The lowest BCUT2D eigenvalue weighted by Gasteiger charge is -2.12. The minimum Gasteiger partial charge on any atom is -0.481 e. The molecule has 1 aromatic heterocycles. The molecule has 0 atom stereocenters. The van der Waals surface area contributed by atoms with E-state index in [9.17, 15) is 9.59 Å². The minimum absolute atomic E-state index is 0.00267. The van der Waals surface area contributed by atoms with Gasteiger partial charge < -0.3 is 14.4 Å². The SMILES string of the molecule is Cc1nc(C(=O)N(C)CCC(=O)O)oc1C. The molecule has 0 bridgehead atoms. The maximum atomic E-state index is 11.7. The van der Waals surface area contributed by atoms with Crippen LogP contribution in [0.25, 0.3) is 0 Å². The summed E-state index contributed by atoms with van der Waals surface area (Å²) in [4.78, 5) is 27.3. The summed E-state index contributed by atoms with van der Waals surface area (Å²) < 4.78 is 5.15. The van der Waals surface area contributed by atoms with Crippen LogP contribution in [0.2, 0.25) is 0 Å². The van der Waals surface area contributed by atoms with Gasteiger partial charge in [-0.15, -0.1) is 0 Å². The first kappa shape index (κ1) is 12.2. The van der Waals surface area contributed by atoms with Gasteiger partial charge in [-0.3, -0.25) is 9.59 Å². The minimum atomic E-state index is -0.945. The van der Waals surface area contributed by atoms with Gasteiger partial charge in [0.15, 0.2) is 0 Å². The summed E-state index contributed by atoms with van der Waals surface area (Å²) in [6, 6.07) is 0. The summed E-state index contributed by atoms with van der Waals surface area (Å²) in [7, 11) is 1.51. The number of carboxylic acids is 1. The zero-order chi connectivity index (χ0) is 12.3. The fourth-order valence-corrected chi connectivity index (χ4v) is 1.09. The molecule has 0 fully saturated rings. The van der Waals surface area contributed by atoms with Crippen molar-refractivity contribution in [3.63, 3.8) is 0 Å². The van der Waals surface area contributed by atoms with Crippen molar-refractivity contribution in [2.45, 2.75) is 20.3 Å². The number of nitrogens with zero attached hydrogens (tertiary/aromatic N) is 2. The quantitative estimate of drug-likeness (QED) is 0.822. The van der Waals surface area contributed by atoms with E-state index in [-0.39, 0.29) is 18.9 Å². The Hall–Kier alpha value is -1.85. The molecule has 0 radical (unpaired) electrons. The van der Waals surface area contributed by atoms with Gasteiger partial charge in [0.1, 0.15) is 5.76 Å². The number of aromatic nitrogens is 1. The van der Waals surface area contributed by atoms with Crippen molar-refractivity contribution in [3.05, 3.63) is 17.3 Å². The molecule has 1 aromatic rings. The van der Waals surface area contributed by atoms with Gasteiger partial charge in [-0.2, -0.15) is 0 Å². The average molecular weight is 226 g/mol. The number of hydrogen-bond acceptors (Lipinski definition) is 4. The summed E-state index contributed by atoms with van der Waals surface area (Å²) in [6.45, 7) is 3.60. The molecule has 1 heterocycles. The molecule has 1 amide bonds. The van der Waals surface area contributed by atoms with Gasteiger partial charge in [0.05, 0.1) is 12.1 Å². The average Bonchev–Trinajstić information content (AvgIpc) is 2.54. The molecule has 1 rings (SSSR count). The molecule has 88 valence electrons. The summed E-state index contributed by atoms with van der Waals surface area (Å²) in [5.74, 6) is -0.755. The number of carbonyl (C=O) groups is 2. The molecule has 0 aliphatic heterocycles. The number of amides is 1. The van der Waals surface area contributed by atoms with Gasteiger partial charge in [0, 0.05) is 13.6 Å². The first-order valence-corrected chi connectivity index (χ1v) is 4.83. The van der Waals surface area contributed by atoms with Crippen LogP contribution in [0, 0.1) is 13.8 Å². The summed E-state index contributed by atoms with van der Waals surface area (Å²) in [5, 5.41) is 8.49. The predicted molar refractivity (Wildman–Crippen MR) is 55.2 cm³/mol. The van der Waals surface area contributed by atoms with E-state index >= 15 is 0 Å². The van der Waals surface area contributed by atoms with E-state index in [1.807, 2.05) is 0 Å². The Kier molecular flexibility index (Phi) is 3.65. The molecule has 0 saturated carbocycles. The number of carbonyl (C=O) groups excluding carboxylic acids is 1. The van der Waals surface area contributed by atoms with Gasteiger partial charge in [0.25, 0.3) is 5.89 Å². The molecule has 1 N–H and O–H groups in total. The molecule has 0 aliphatic rings. The number of carboxylic acid groups (broad SMARTS) is 1. The van der Waals surface area contributed by atoms with Crippen molar-refractivity contribution in [1.82, 2.24) is 9.88 Å². The van der Waals surface area contributed by atoms with Crippen LogP contribution in [-0.2, 0) is 4.79 Å². The standard InChI is InChI=1S/C10H14N2O4/c1-6-7(2)16-9(11-6)10(15)12(3)5-4-8(13)14/h4-5H2,1-3H3,(H,13,14). The van der Waals surface area contributed by atoms with Gasteiger partial charge in [-0.05, 0) is 13.8 Å². The first-order valence-electron chi connectivity index (χ1n) is 4.83. The van der Waals surface area contributed by atoms with Gasteiger partial charge in [-0.25, -0.2) is 4.98 Å². The van der Waals surface area contributed by atoms with Crippen LogP contribution >= 0.6 is 0 Å². The van der Waals surface area contributed by atoms with Crippen molar-refractivity contribution >= 4 is 11.9 Å². The van der Waals surface area contributed by atoms with E-state index in [2.05, 4.69) is 4.98 Å². The second-order valence-corrected chi connectivity index (χ2v) is 3.53. The fraction of sp³-hybridized carbons (Fsp3) is 0.500. The van der Waals surface area contributed by atoms with Crippen LogP contribution < -0.4 is 0 Å². The highest BCUT2D eigenvalue weighted by atomic mass is 16.4. The van der Waals surface area contributed by atoms with Crippen LogP contribution in [0.5, 0.6) is 0 Å². The molecule has 0 spiro atoms. The van der Waals surface area contributed by atoms with Crippen LogP contribution in [0.15, 0.2) is 4.42 Å². The molecular weight excluding hydrogens is 212 g/mol. The highest BCUT2D eigenvalue weighted by molar-refractivity contribution is 5.89. The second-order valence-electron chi connectivity index (χ2n) is 3.53. The first-order chi connectivity index (χ1) is 7.41. The number of rotatable bonds is 4. The summed E-state index contributed by atoms with van der Waals surface area (Å²) >= 11 is 0. The Bertz CT molecular complexity index is 391. The third-order valence-corrected chi connectivity index (χ3v) is 2.22. The number of aryl methyl sites for hydroxylation is 2. The maximum Gasteiger partial charge on any atom is 0.309 e. The molecular formula is C10H14N2O4. The lowest BCUT2D eigenvalue weighted by atomic mass is 10.4. The van der Waals surface area contributed by atoms with Crippen molar-refractivity contribution in [2.75, 3.05) is 13.6 Å². The van der Waals surface area contributed by atoms with Crippen molar-refractivity contribution in [3.8, 4) is 0 Å². The molecule has 0 aliphatic carbocycles. The third kappa shape index (κ3) is 2.82. The lowest BCUT2D eigenvalue weighted by Crippen LogP contribution is -2.29. The second kappa shape index (κ2) is 4.78. The third-order valence-electron chi connectivity index (χ3n) is 2.22. The highest BCUT2D eigenvalue weighted by Crippen LogP contribution is 2.10. The van der Waals surface area contributed by atoms with Gasteiger partial charge >= 0.3 is 11.9 Å². The van der Waals surface area contributed by atoms with E-state index < -0.39 is 11.9 Å². The van der Waals surface area contributed by atoms with Crippen LogP contribution in [-0.4, -0.2) is 40.5 Å². The molecule has 0 aromatic carbocycles. The Morgan fingerprint density at radius 2 is 2.06 bits per heavy atom. The number of aliphatic carboxylic acids is 1. The monoisotopic (exact) mass is 226 g/mol. The van der Waals surface area contributed by atoms with E-state index in [0.29, 0.717) is 11.5 Å². The molecule has 0 saturated heterocycles. The largest absolute Gasteiger partial charge is 0.481 e. The smallest absolute Gasteiger partial charge is 0.309 e. The Morgan fingerprint density at radius 1 is 1.44 bits per heavy atom. The van der Waals surface area contributed by atoms with E-state index in [4.69, 9.17) is 9.52 Å².